The molecule has 0 aliphatic heterocycles. The third-order valence-corrected chi connectivity index (χ3v) is 11.3. The van der Waals surface area contributed by atoms with Gasteiger partial charge in [0.15, 0.2) is 17.5 Å². The maximum Gasteiger partial charge on any atom is 0.164 e. The van der Waals surface area contributed by atoms with Gasteiger partial charge in [-0.2, -0.15) is 0 Å². The van der Waals surface area contributed by atoms with E-state index in [1.54, 1.807) is 0 Å². The number of benzene rings is 8. The molecule has 10 aromatic rings. The van der Waals surface area contributed by atoms with Crippen molar-refractivity contribution in [1.82, 2.24) is 15.0 Å². The number of thiophene rings is 1. The van der Waals surface area contributed by atoms with Gasteiger partial charge in [0, 0.05) is 36.9 Å². The molecule has 0 saturated carbocycles. The second kappa shape index (κ2) is 14.1. The molecular formula is C51H33N3S. The number of nitrogens with zero attached hydrogens (tertiary/aromatic N) is 3. The minimum atomic E-state index is 0.630. The SMILES string of the molecule is c1ccc(-c2ccc(-c3ccc(-c4nc(-c5cccc(-c6ccc7sc8ccccc8c7c6)c5)nc(-c5ccccc5-c5ccccc5)n4)cc3)cc2)cc1. The molecular weight excluding hydrogens is 687 g/mol. The normalized spacial score (nSPS) is 11.3. The Hall–Kier alpha value is -7.01. The van der Waals surface area contributed by atoms with Gasteiger partial charge in [0.1, 0.15) is 0 Å². The molecule has 2 aromatic heterocycles. The summed E-state index contributed by atoms with van der Waals surface area (Å²) in [6.07, 6.45) is 0. The van der Waals surface area contributed by atoms with Gasteiger partial charge < -0.3 is 0 Å². The van der Waals surface area contributed by atoms with E-state index in [0.29, 0.717) is 17.5 Å². The summed E-state index contributed by atoms with van der Waals surface area (Å²) >= 11 is 1.84. The third-order valence-electron chi connectivity index (χ3n) is 10.2. The highest BCUT2D eigenvalue weighted by molar-refractivity contribution is 7.25. The first-order chi connectivity index (χ1) is 27.2. The zero-order valence-corrected chi connectivity index (χ0v) is 30.6. The van der Waals surface area contributed by atoms with E-state index in [4.69, 9.17) is 15.0 Å². The van der Waals surface area contributed by atoms with E-state index in [-0.39, 0.29) is 0 Å². The highest BCUT2D eigenvalue weighted by Gasteiger charge is 2.17. The Morgan fingerprint density at radius 3 is 1.42 bits per heavy atom. The lowest BCUT2D eigenvalue weighted by Gasteiger charge is -2.13. The highest BCUT2D eigenvalue weighted by atomic mass is 32.1. The summed E-state index contributed by atoms with van der Waals surface area (Å²) in [5.41, 5.74) is 12.0. The molecule has 258 valence electrons. The topological polar surface area (TPSA) is 38.7 Å². The number of aromatic nitrogens is 3. The molecule has 0 atom stereocenters. The Labute approximate surface area is 323 Å². The number of fused-ring (bicyclic) bond motifs is 3. The fraction of sp³-hybridized carbons (Fsp3) is 0. The van der Waals surface area contributed by atoms with E-state index < -0.39 is 0 Å². The van der Waals surface area contributed by atoms with E-state index in [2.05, 4.69) is 182 Å². The van der Waals surface area contributed by atoms with Crippen LogP contribution in [0.25, 0.3) is 98.8 Å². The van der Waals surface area contributed by atoms with Crippen LogP contribution < -0.4 is 0 Å². The average Bonchev–Trinajstić information content (AvgIpc) is 3.65. The Bertz CT molecular complexity index is 2950. The van der Waals surface area contributed by atoms with Crippen molar-refractivity contribution < 1.29 is 0 Å². The molecule has 0 fully saturated rings. The molecule has 0 aliphatic carbocycles. The van der Waals surface area contributed by atoms with Gasteiger partial charge in [-0.15, -0.1) is 11.3 Å². The van der Waals surface area contributed by atoms with Crippen molar-refractivity contribution in [3.05, 3.63) is 200 Å². The highest BCUT2D eigenvalue weighted by Crippen LogP contribution is 2.38. The zero-order valence-electron chi connectivity index (χ0n) is 29.8. The predicted molar refractivity (Wildman–Crippen MR) is 231 cm³/mol. The minimum Gasteiger partial charge on any atom is -0.208 e. The van der Waals surface area contributed by atoms with Gasteiger partial charge in [-0.25, -0.2) is 15.0 Å². The van der Waals surface area contributed by atoms with Gasteiger partial charge in [-0.3, -0.25) is 0 Å². The van der Waals surface area contributed by atoms with Crippen LogP contribution >= 0.6 is 11.3 Å². The number of hydrogen-bond donors (Lipinski definition) is 0. The molecule has 3 nitrogen and oxygen atoms in total. The second-order valence-corrected chi connectivity index (χ2v) is 14.7. The predicted octanol–water partition coefficient (Wildman–Crippen LogP) is 13.9. The van der Waals surface area contributed by atoms with Crippen molar-refractivity contribution in [1.29, 1.82) is 0 Å². The second-order valence-electron chi connectivity index (χ2n) is 13.6. The van der Waals surface area contributed by atoms with Gasteiger partial charge in [-0.05, 0) is 68.8 Å². The van der Waals surface area contributed by atoms with Gasteiger partial charge in [0.05, 0.1) is 0 Å². The van der Waals surface area contributed by atoms with Crippen LogP contribution in [0.1, 0.15) is 0 Å². The Morgan fingerprint density at radius 1 is 0.255 bits per heavy atom. The van der Waals surface area contributed by atoms with Crippen LogP contribution in [-0.4, -0.2) is 15.0 Å². The molecule has 0 bridgehead atoms. The molecule has 0 radical (unpaired) electrons. The van der Waals surface area contributed by atoms with Crippen molar-refractivity contribution in [2.24, 2.45) is 0 Å². The summed E-state index contributed by atoms with van der Waals surface area (Å²) in [5.74, 6) is 1.90. The molecule has 0 spiro atoms. The molecule has 0 N–H and O–H groups in total. The standard InChI is InChI=1S/C51H33N3S/c1-3-12-34(13-4-1)35-22-24-36(25-23-35)37-26-28-39(29-27-37)49-52-50(54-51(53-49)45-20-8-7-18-43(45)38-14-5-2-6-15-38)42-17-11-16-40(32-42)41-30-31-48-46(33-41)44-19-9-10-21-47(44)55-48/h1-33H. The Balaban J connectivity index is 1.06. The van der Waals surface area contributed by atoms with Crippen LogP contribution in [0.4, 0.5) is 0 Å². The third kappa shape index (κ3) is 6.39. The molecule has 0 unspecified atom stereocenters. The summed E-state index contributed by atoms with van der Waals surface area (Å²) < 4.78 is 2.60. The quantitative estimate of drug-likeness (QED) is 0.165. The van der Waals surface area contributed by atoms with Crippen molar-refractivity contribution in [3.63, 3.8) is 0 Å². The first-order valence-electron chi connectivity index (χ1n) is 18.4. The van der Waals surface area contributed by atoms with Crippen molar-refractivity contribution in [3.8, 4) is 78.7 Å². The zero-order chi connectivity index (χ0) is 36.6. The number of hydrogen-bond acceptors (Lipinski definition) is 4. The minimum absolute atomic E-state index is 0.630. The summed E-state index contributed by atoms with van der Waals surface area (Å²) in [4.78, 5) is 15.5. The molecule has 0 amide bonds. The lowest BCUT2D eigenvalue weighted by atomic mass is 9.98. The van der Waals surface area contributed by atoms with Crippen LogP contribution in [0.15, 0.2) is 200 Å². The first-order valence-corrected chi connectivity index (χ1v) is 19.2. The summed E-state index contributed by atoms with van der Waals surface area (Å²) in [5, 5.41) is 2.57. The smallest absolute Gasteiger partial charge is 0.164 e. The van der Waals surface area contributed by atoms with Gasteiger partial charge >= 0.3 is 0 Å². The summed E-state index contributed by atoms with van der Waals surface area (Å²) in [6.45, 7) is 0. The lowest BCUT2D eigenvalue weighted by Crippen LogP contribution is -2.01. The van der Waals surface area contributed by atoms with Crippen molar-refractivity contribution in [2.45, 2.75) is 0 Å². The summed E-state index contributed by atoms with van der Waals surface area (Å²) in [7, 11) is 0. The van der Waals surface area contributed by atoms with Crippen LogP contribution in [0.2, 0.25) is 0 Å². The maximum atomic E-state index is 5.18. The first kappa shape index (κ1) is 32.6. The molecule has 4 heteroatoms. The molecule has 10 rings (SSSR count). The van der Waals surface area contributed by atoms with Crippen molar-refractivity contribution >= 4 is 31.5 Å². The number of rotatable bonds is 7. The molecule has 55 heavy (non-hydrogen) atoms. The maximum absolute atomic E-state index is 5.18. The van der Waals surface area contributed by atoms with Crippen LogP contribution in [0.3, 0.4) is 0 Å². The van der Waals surface area contributed by atoms with Gasteiger partial charge in [0.25, 0.3) is 0 Å². The average molecular weight is 720 g/mol. The van der Waals surface area contributed by atoms with E-state index in [9.17, 15) is 0 Å². The van der Waals surface area contributed by atoms with Gasteiger partial charge in [0.2, 0.25) is 0 Å². The molecule has 8 aromatic carbocycles. The van der Waals surface area contributed by atoms with E-state index in [1.165, 1.54) is 31.3 Å². The fourth-order valence-corrected chi connectivity index (χ4v) is 8.43. The molecule has 0 aliphatic rings. The lowest BCUT2D eigenvalue weighted by molar-refractivity contribution is 1.07. The van der Waals surface area contributed by atoms with E-state index in [0.717, 1.165) is 50.1 Å². The largest absolute Gasteiger partial charge is 0.208 e. The fourth-order valence-electron chi connectivity index (χ4n) is 7.34. The van der Waals surface area contributed by atoms with Crippen LogP contribution in [-0.2, 0) is 0 Å². The van der Waals surface area contributed by atoms with Crippen molar-refractivity contribution in [2.75, 3.05) is 0 Å². The molecule has 2 heterocycles. The van der Waals surface area contributed by atoms with E-state index in [1.807, 2.05) is 29.5 Å². The summed E-state index contributed by atoms with van der Waals surface area (Å²) in [6, 6.07) is 70.5. The van der Waals surface area contributed by atoms with Crippen LogP contribution in [0.5, 0.6) is 0 Å². The molecule has 0 saturated heterocycles. The van der Waals surface area contributed by atoms with E-state index >= 15 is 0 Å². The van der Waals surface area contributed by atoms with Gasteiger partial charge in [-0.1, -0.05) is 176 Å². The monoisotopic (exact) mass is 719 g/mol. The van der Waals surface area contributed by atoms with Crippen LogP contribution in [0, 0.1) is 0 Å². The Morgan fingerprint density at radius 2 is 0.709 bits per heavy atom. The Kier molecular flexibility index (Phi) is 8.36.